The summed E-state index contributed by atoms with van der Waals surface area (Å²) in [5, 5.41) is 6.36. The molecule has 0 fully saturated rings. The zero-order valence-electron chi connectivity index (χ0n) is 17.6. The van der Waals surface area contributed by atoms with E-state index < -0.39 is 5.60 Å². The fraction of sp³-hybridized carbons (Fsp3) is 0.550. The maximum absolute atomic E-state index is 11.9. The van der Waals surface area contributed by atoms with E-state index in [-0.39, 0.29) is 54.9 Å². The first kappa shape index (κ1) is 26.2. The molecule has 0 heterocycles. The molecule has 0 saturated carbocycles. The zero-order chi connectivity index (χ0) is 20.4. The number of halogens is 1. The van der Waals surface area contributed by atoms with Crippen LogP contribution in [0.25, 0.3) is 0 Å². The van der Waals surface area contributed by atoms with Crippen molar-refractivity contribution < 1.29 is 14.3 Å². The Kier molecular flexibility index (Phi) is 11.8. The SMILES string of the molecule is CC(NC(=NCC(=O)N(C)C)NCCC(=O)OC(C)(C)C)c1ccccc1.I. The average molecular weight is 504 g/mol. The van der Waals surface area contributed by atoms with Gasteiger partial charge in [0.1, 0.15) is 12.1 Å². The number of amides is 1. The van der Waals surface area contributed by atoms with Crippen molar-refractivity contribution in [2.24, 2.45) is 4.99 Å². The number of hydrogen-bond donors (Lipinski definition) is 2. The third-order valence-corrected chi connectivity index (χ3v) is 3.57. The summed E-state index contributed by atoms with van der Waals surface area (Å²) in [6.45, 7) is 7.90. The molecule has 1 atom stereocenters. The van der Waals surface area contributed by atoms with Gasteiger partial charge in [-0.15, -0.1) is 24.0 Å². The number of hydrogen-bond acceptors (Lipinski definition) is 4. The number of esters is 1. The first-order valence-corrected chi connectivity index (χ1v) is 9.10. The lowest BCUT2D eigenvalue weighted by atomic mass is 10.1. The standard InChI is InChI=1S/C20H32N4O3.HI/c1-15(16-10-8-7-9-11-16)23-19(22-14-17(25)24(5)6)21-13-12-18(26)27-20(2,3)4;/h7-11,15H,12-14H2,1-6H3,(H2,21,22,23);1H. The van der Waals surface area contributed by atoms with Gasteiger partial charge < -0.3 is 20.3 Å². The number of likely N-dealkylation sites (N-methyl/N-ethyl adjacent to an activating group) is 1. The lowest BCUT2D eigenvalue weighted by Gasteiger charge is -2.21. The number of ether oxygens (including phenoxy) is 1. The van der Waals surface area contributed by atoms with Gasteiger partial charge in [-0.25, -0.2) is 4.99 Å². The van der Waals surface area contributed by atoms with Crippen molar-refractivity contribution in [1.29, 1.82) is 0 Å². The number of rotatable bonds is 7. The number of nitrogens with one attached hydrogen (secondary N) is 2. The summed E-state index contributed by atoms with van der Waals surface area (Å²) in [5.74, 6) is 0.0931. The zero-order valence-corrected chi connectivity index (χ0v) is 19.9. The van der Waals surface area contributed by atoms with E-state index in [9.17, 15) is 9.59 Å². The number of nitrogens with zero attached hydrogens (tertiary/aromatic N) is 2. The highest BCUT2D eigenvalue weighted by atomic mass is 127. The van der Waals surface area contributed by atoms with Gasteiger partial charge in [-0.1, -0.05) is 30.3 Å². The third-order valence-electron chi connectivity index (χ3n) is 3.57. The van der Waals surface area contributed by atoms with Crippen molar-refractivity contribution >= 4 is 41.8 Å². The van der Waals surface area contributed by atoms with Crippen molar-refractivity contribution in [3.8, 4) is 0 Å². The van der Waals surface area contributed by atoms with E-state index in [1.807, 2.05) is 58.0 Å². The third kappa shape index (κ3) is 11.1. The molecule has 8 heteroatoms. The van der Waals surface area contributed by atoms with Crippen LogP contribution in [0.2, 0.25) is 0 Å². The minimum absolute atomic E-state index is 0. The van der Waals surface area contributed by atoms with E-state index in [4.69, 9.17) is 4.74 Å². The molecule has 0 saturated heterocycles. The Labute approximate surface area is 185 Å². The summed E-state index contributed by atoms with van der Waals surface area (Å²) in [6.07, 6.45) is 0.208. The molecule has 1 aromatic rings. The van der Waals surface area contributed by atoms with Crippen LogP contribution in [0.1, 0.15) is 45.7 Å². The molecule has 0 aliphatic carbocycles. The largest absolute Gasteiger partial charge is 0.460 e. The summed E-state index contributed by atoms with van der Waals surface area (Å²) in [7, 11) is 3.38. The fourth-order valence-electron chi connectivity index (χ4n) is 2.15. The summed E-state index contributed by atoms with van der Waals surface area (Å²) in [5.41, 5.74) is 0.588. The van der Waals surface area contributed by atoms with E-state index in [0.717, 1.165) is 5.56 Å². The predicted octanol–water partition coefficient (Wildman–Crippen LogP) is 2.72. The van der Waals surface area contributed by atoms with E-state index in [0.29, 0.717) is 12.5 Å². The minimum atomic E-state index is -0.508. The van der Waals surface area contributed by atoms with E-state index in [2.05, 4.69) is 15.6 Å². The molecule has 2 N–H and O–H groups in total. The summed E-state index contributed by atoms with van der Waals surface area (Å²) >= 11 is 0. The topological polar surface area (TPSA) is 83.0 Å². The number of carbonyl (C=O) groups is 2. The average Bonchev–Trinajstić information content (AvgIpc) is 2.58. The Balaban J connectivity index is 0.00000729. The van der Waals surface area contributed by atoms with Gasteiger partial charge in [0.2, 0.25) is 5.91 Å². The van der Waals surface area contributed by atoms with Gasteiger partial charge in [0, 0.05) is 20.6 Å². The van der Waals surface area contributed by atoms with Gasteiger partial charge in [0.15, 0.2) is 5.96 Å². The molecule has 1 unspecified atom stereocenters. The molecule has 0 aliphatic rings. The maximum atomic E-state index is 11.9. The lowest BCUT2D eigenvalue weighted by Crippen LogP contribution is -2.41. The fourth-order valence-corrected chi connectivity index (χ4v) is 2.15. The molecule has 158 valence electrons. The molecular formula is C20H33IN4O3. The van der Waals surface area contributed by atoms with Crippen molar-refractivity contribution in [3.05, 3.63) is 35.9 Å². The highest BCUT2D eigenvalue weighted by Crippen LogP contribution is 2.11. The maximum Gasteiger partial charge on any atom is 0.308 e. The predicted molar refractivity (Wildman–Crippen MR) is 123 cm³/mol. The van der Waals surface area contributed by atoms with E-state index in [1.165, 1.54) is 4.90 Å². The Morgan fingerprint density at radius 2 is 1.79 bits per heavy atom. The quantitative estimate of drug-likeness (QED) is 0.258. The molecule has 1 aromatic carbocycles. The highest BCUT2D eigenvalue weighted by Gasteiger charge is 2.16. The van der Waals surface area contributed by atoms with Crippen LogP contribution in [-0.4, -0.2) is 55.5 Å². The summed E-state index contributed by atoms with van der Waals surface area (Å²) in [6, 6.07) is 9.92. The molecular weight excluding hydrogens is 471 g/mol. The second-order valence-electron chi connectivity index (χ2n) is 7.49. The van der Waals surface area contributed by atoms with Crippen molar-refractivity contribution in [3.63, 3.8) is 0 Å². The van der Waals surface area contributed by atoms with Crippen LogP contribution < -0.4 is 10.6 Å². The van der Waals surface area contributed by atoms with Gasteiger partial charge in [-0.05, 0) is 33.3 Å². The molecule has 0 bridgehead atoms. The van der Waals surface area contributed by atoms with Gasteiger partial charge in [0.25, 0.3) is 0 Å². The molecule has 28 heavy (non-hydrogen) atoms. The number of aliphatic imine (C=N–C) groups is 1. The monoisotopic (exact) mass is 504 g/mol. The van der Waals surface area contributed by atoms with Crippen LogP contribution in [-0.2, 0) is 14.3 Å². The van der Waals surface area contributed by atoms with Crippen LogP contribution >= 0.6 is 24.0 Å². The van der Waals surface area contributed by atoms with Crippen LogP contribution in [0, 0.1) is 0 Å². The van der Waals surface area contributed by atoms with Gasteiger partial charge in [-0.3, -0.25) is 9.59 Å². The smallest absolute Gasteiger partial charge is 0.308 e. The Morgan fingerprint density at radius 1 is 1.18 bits per heavy atom. The van der Waals surface area contributed by atoms with Crippen LogP contribution in [0.5, 0.6) is 0 Å². The van der Waals surface area contributed by atoms with E-state index >= 15 is 0 Å². The first-order chi connectivity index (χ1) is 12.6. The van der Waals surface area contributed by atoms with Gasteiger partial charge >= 0.3 is 5.97 Å². The van der Waals surface area contributed by atoms with E-state index in [1.54, 1.807) is 14.1 Å². The number of guanidine groups is 1. The number of benzene rings is 1. The minimum Gasteiger partial charge on any atom is -0.460 e. The first-order valence-electron chi connectivity index (χ1n) is 9.10. The second kappa shape index (κ2) is 12.6. The molecule has 0 aliphatic heterocycles. The lowest BCUT2D eigenvalue weighted by molar-refractivity contribution is -0.154. The normalized spacial score (nSPS) is 12.4. The van der Waals surface area contributed by atoms with Crippen molar-refractivity contribution in [2.75, 3.05) is 27.2 Å². The molecule has 1 amide bonds. The molecule has 1 rings (SSSR count). The Hall–Kier alpha value is -1.84. The molecule has 7 nitrogen and oxygen atoms in total. The van der Waals surface area contributed by atoms with Gasteiger partial charge in [0.05, 0.1) is 12.5 Å². The molecule has 0 aromatic heterocycles. The highest BCUT2D eigenvalue weighted by molar-refractivity contribution is 14.0. The molecule has 0 radical (unpaired) electrons. The molecule has 0 spiro atoms. The van der Waals surface area contributed by atoms with Crippen LogP contribution in [0.3, 0.4) is 0 Å². The van der Waals surface area contributed by atoms with Crippen molar-refractivity contribution in [2.45, 2.75) is 45.8 Å². The van der Waals surface area contributed by atoms with Gasteiger partial charge in [-0.2, -0.15) is 0 Å². The Morgan fingerprint density at radius 3 is 2.32 bits per heavy atom. The Bertz CT molecular complexity index is 643. The number of carbonyl (C=O) groups excluding carboxylic acids is 2. The second-order valence-corrected chi connectivity index (χ2v) is 7.49. The van der Waals surface area contributed by atoms with Crippen LogP contribution in [0.4, 0.5) is 0 Å². The summed E-state index contributed by atoms with van der Waals surface area (Å²) < 4.78 is 5.30. The van der Waals surface area contributed by atoms with Crippen LogP contribution in [0.15, 0.2) is 35.3 Å². The summed E-state index contributed by atoms with van der Waals surface area (Å²) in [4.78, 5) is 29.5. The van der Waals surface area contributed by atoms with Crippen molar-refractivity contribution in [1.82, 2.24) is 15.5 Å².